The molecule has 0 bridgehead atoms. The largest absolute Gasteiger partial charge is 0.313 e. The molecule has 1 atom stereocenters. The Kier molecular flexibility index (Phi) is 5.41. The van der Waals surface area contributed by atoms with Gasteiger partial charge in [0, 0.05) is 25.2 Å². The van der Waals surface area contributed by atoms with E-state index in [1.807, 2.05) is 0 Å². The molecule has 2 nitrogen and oxygen atoms in total. The first-order valence-electron chi connectivity index (χ1n) is 7.75. The van der Waals surface area contributed by atoms with Crippen LogP contribution in [0.15, 0.2) is 24.3 Å². The maximum atomic E-state index is 3.60. The van der Waals surface area contributed by atoms with Crippen molar-refractivity contribution < 1.29 is 0 Å². The number of fused-ring (bicyclic) bond motifs is 1. The van der Waals surface area contributed by atoms with E-state index in [-0.39, 0.29) is 0 Å². The standard InChI is InChI=1S/C17H28N2/c1-4-17(12-18-14(2)3)19-11-7-10-15-8-5-6-9-16(15)13-19/h5-6,8-9,14,17-18H,4,7,10-13H2,1-3H3. The van der Waals surface area contributed by atoms with E-state index in [1.165, 1.54) is 31.4 Å². The number of hydrogen-bond acceptors (Lipinski definition) is 2. The minimum absolute atomic E-state index is 0.577. The average molecular weight is 260 g/mol. The third-order valence-corrected chi connectivity index (χ3v) is 4.13. The second-order valence-corrected chi connectivity index (χ2v) is 5.97. The summed E-state index contributed by atoms with van der Waals surface area (Å²) in [5.74, 6) is 0. The molecule has 1 aromatic rings. The highest BCUT2D eigenvalue weighted by molar-refractivity contribution is 5.28. The van der Waals surface area contributed by atoms with E-state index in [1.54, 1.807) is 5.56 Å². The Hall–Kier alpha value is -0.860. The predicted octanol–water partition coefficient (Wildman–Crippen LogP) is 3.21. The zero-order valence-electron chi connectivity index (χ0n) is 12.7. The van der Waals surface area contributed by atoms with Gasteiger partial charge in [-0.3, -0.25) is 4.90 Å². The van der Waals surface area contributed by atoms with Crippen LogP contribution in [0.1, 0.15) is 44.7 Å². The average Bonchev–Trinajstić information content (AvgIpc) is 2.61. The van der Waals surface area contributed by atoms with E-state index in [0.29, 0.717) is 12.1 Å². The Balaban J connectivity index is 2.03. The van der Waals surface area contributed by atoms with Crippen molar-refractivity contribution in [3.63, 3.8) is 0 Å². The molecule has 0 amide bonds. The molecule has 1 aliphatic heterocycles. The lowest BCUT2D eigenvalue weighted by molar-refractivity contribution is 0.178. The predicted molar refractivity (Wildman–Crippen MR) is 82.4 cm³/mol. The van der Waals surface area contributed by atoms with Crippen LogP contribution in [0.2, 0.25) is 0 Å². The first-order chi connectivity index (χ1) is 9.20. The maximum Gasteiger partial charge on any atom is 0.0239 e. The molecule has 2 rings (SSSR count). The third kappa shape index (κ3) is 4.05. The quantitative estimate of drug-likeness (QED) is 0.874. The van der Waals surface area contributed by atoms with Crippen molar-refractivity contribution in [3.05, 3.63) is 35.4 Å². The van der Waals surface area contributed by atoms with Crippen LogP contribution in [0.5, 0.6) is 0 Å². The molecular formula is C17H28N2. The minimum atomic E-state index is 0.577. The van der Waals surface area contributed by atoms with Crippen molar-refractivity contribution in [2.75, 3.05) is 13.1 Å². The molecule has 0 aromatic heterocycles. The fraction of sp³-hybridized carbons (Fsp3) is 0.647. The molecule has 106 valence electrons. The molecular weight excluding hydrogens is 232 g/mol. The summed E-state index contributed by atoms with van der Waals surface area (Å²) in [5, 5.41) is 3.60. The van der Waals surface area contributed by atoms with E-state index in [4.69, 9.17) is 0 Å². The van der Waals surface area contributed by atoms with Gasteiger partial charge >= 0.3 is 0 Å². The molecule has 1 N–H and O–H groups in total. The fourth-order valence-electron chi connectivity index (χ4n) is 2.94. The minimum Gasteiger partial charge on any atom is -0.313 e. The lowest BCUT2D eigenvalue weighted by Crippen LogP contribution is -2.43. The van der Waals surface area contributed by atoms with Gasteiger partial charge in [-0.2, -0.15) is 0 Å². The Morgan fingerprint density at radius 2 is 1.95 bits per heavy atom. The lowest BCUT2D eigenvalue weighted by Gasteiger charge is -2.31. The number of hydrogen-bond donors (Lipinski definition) is 1. The van der Waals surface area contributed by atoms with E-state index in [0.717, 1.165) is 13.1 Å². The topological polar surface area (TPSA) is 15.3 Å². The molecule has 0 radical (unpaired) electrons. The van der Waals surface area contributed by atoms with Crippen LogP contribution in [-0.2, 0) is 13.0 Å². The molecule has 0 fully saturated rings. The maximum absolute atomic E-state index is 3.60. The molecule has 1 heterocycles. The van der Waals surface area contributed by atoms with Crippen molar-refractivity contribution in [1.29, 1.82) is 0 Å². The monoisotopic (exact) mass is 260 g/mol. The fourth-order valence-corrected chi connectivity index (χ4v) is 2.94. The highest BCUT2D eigenvalue weighted by Crippen LogP contribution is 2.20. The summed E-state index contributed by atoms with van der Waals surface area (Å²) >= 11 is 0. The van der Waals surface area contributed by atoms with Crippen LogP contribution in [0, 0.1) is 0 Å². The van der Waals surface area contributed by atoms with Crippen molar-refractivity contribution in [1.82, 2.24) is 10.2 Å². The van der Waals surface area contributed by atoms with E-state index in [9.17, 15) is 0 Å². The van der Waals surface area contributed by atoms with Gasteiger partial charge in [0.2, 0.25) is 0 Å². The van der Waals surface area contributed by atoms with E-state index in [2.05, 4.69) is 55.3 Å². The number of aryl methyl sites for hydroxylation is 1. The summed E-state index contributed by atoms with van der Waals surface area (Å²) in [5.41, 5.74) is 3.08. The number of rotatable bonds is 5. The van der Waals surface area contributed by atoms with Gasteiger partial charge < -0.3 is 5.32 Å². The molecule has 0 spiro atoms. The van der Waals surface area contributed by atoms with Gasteiger partial charge in [0.05, 0.1) is 0 Å². The van der Waals surface area contributed by atoms with Gasteiger partial charge in [0.15, 0.2) is 0 Å². The van der Waals surface area contributed by atoms with Crippen LogP contribution in [0.25, 0.3) is 0 Å². The van der Waals surface area contributed by atoms with Crippen LogP contribution < -0.4 is 5.32 Å². The second-order valence-electron chi connectivity index (χ2n) is 5.97. The normalized spacial score (nSPS) is 18.1. The molecule has 19 heavy (non-hydrogen) atoms. The molecule has 1 aliphatic rings. The molecule has 0 aliphatic carbocycles. The summed E-state index contributed by atoms with van der Waals surface area (Å²) in [6.07, 6.45) is 3.75. The zero-order valence-corrected chi connectivity index (χ0v) is 12.7. The lowest BCUT2D eigenvalue weighted by atomic mass is 10.0. The van der Waals surface area contributed by atoms with Gasteiger partial charge in [0.25, 0.3) is 0 Å². The van der Waals surface area contributed by atoms with Gasteiger partial charge in [-0.05, 0) is 36.9 Å². The van der Waals surface area contributed by atoms with Gasteiger partial charge in [-0.25, -0.2) is 0 Å². The Bertz CT molecular complexity index is 387. The van der Waals surface area contributed by atoms with Gasteiger partial charge in [-0.1, -0.05) is 45.0 Å². The summed E-state index contributed by atoms with van der Waals surface area (Å²) in [4.78, 5) is 2.67. The van der Waals surface area contributed by atoms with Crippen molar-refractivity contribution in [3.8, 4) is 0 Å². The van der Waals surface area contributed by atoms with Crippen LogP contribution >= 0.6 is 0 Å². The molecule has 0 saturated carbocycles. The highest BCUT2D eigenvalue weighted by Gasteiger charge is 2.20. The number of nitrogens with zero attached hydrogens (tertiary/aromatic N) is 1. The summed E-state index contributed by atoms with van der Waals surface area (Å²) < 4.78 is 0. The Labute approximate surface area is 118 Å². The third-order valence-electron chi connectivity index (χ3n) is 4.13. The van der Waals surface area contributed by atoms with Crippen LogP contribution in [0.3, 0.4) is 0 Å². The Morgan fingerprint density at radius 3 is 2.63 bits per heavy atom. The van der Waals surface area contributed by atoms with Gasteiger partial charge in [-0.15, -0.1) is 0 Å². The Morgan fingerprint density at radius 1 is 1.21 bits per heavy atom. The molecule has 1 aromatic carbocycles. The van der Waals surface area contributed by atoms with Crippen LogP contribution in [-0.4, -0.2) is 30.1 Å². The zero-order chi connectivity index (χ0) is 13.7. The van der Waals surface area contributed by atoms with Crippen molar-refractivity contribution >= 4 is 0 Å². The van der Waals surface area contributed by atoms with Crippen molar-refractivity contribution in [2.24, 2.45) is 0 Å². The second kappa shape index (κ2) is 7.06. The molecule has 1 unspecified atom stereocenters. The number of nitrogens with one attached hydrogen (secondary N) is 1. The van der Waals surface area contributed by atoms with E-state index < -0.39 is 0 Å². The van der Waals surface area contributed by atoms with Crippen LogP contribution in [0.4, 0.5) is 0 Å². The van der Waals surface area contributed by atoms with Gasteiger partial charge in [0.1, 0.15) is 0 Å². The SMILES string of the molecule is CCC(CNC(C)C)N1CCCc2ccccc2C1. The molecule has 0 saturated heterocycles. The first-order valence-corrected chi connectivity index (χ1v) is 7.75. The highest BCUT2D eigenvalue weighted by atomic mass is 15.2. The number of benzene rings is 1. The molecule has 2 heteroatoms. The van der Waals surface area contributed by atoms with E-state index >= 15 is 0 Å². The smallest absolute Gasteiger partial charge is 0.0239 e. The summed E-state index contributed by atoms with van der Waals surface area (Å²) in [6.45, 7) is 10.2. The first kappa shape index (κ1) is 14.5. The van der Waals surface area contributed by atoms with Crippen molar-refractivity contribution in [2.45, 2.75) is 58.7 Å². The summed E-state index contributed by atoms with van der Waals surface area (Å²) in [6, 6.07) is 10.2. The summed E-state index contributed by atoms with van der Waals surface area (Å²) in [7, 11) is 0.